The predicted molar refractivity (Wildman–Crippen MR) is 85.0 cm³/mol. The molecular weight excluding hydrogens is 248 g/mol. The Morgan fingerprint density at radius 3 is 2.35 bits per heavy atom. The van der Waals surface area contributed by atoms with Crippen LogP contribution in [-0.2, 0) is 4.74 Å². The van der Waals surface area contributed by atoms with Crippen LogP contribution in [-0.4, -0.2) is 48.8 Å². The lowest BCUT2D eigenvalue weighted by atomic mass is 9.76. The maximum atomic E-state index is 5.91. The molecule has 1 saturated carbocycles. The fourth-order valence-corrected chi connectivity index (χ4v) is 4.18. The van der Waals surface area contributed by atoms with E-state index >= 15 is 0 Å². The molecule has 1 aliphatic carbocycles. The highest BCUT2D eigenvalue weighted by molar-refractivity contribution is 4.93. The summed E-state index contributed by atoms with van der Waals surface area (Å²) in [5.74, 6) is 1.71. The fraction of sp³-hybridized carbons (Fsp3) is 1.00. The lowest BCUT2D eigenvalue weighted by molar-refractivity contribution is -0.0915. The molecule has 1 aliphatic heterocycles. The van der Waals surface area contributed by atoms with Crippen LogP contribution in [0.2, 0.25) is 0 Å². The summed E-state index contributed by atoms with van der Waals surface area (Å²) in [6, 6.07) is 1.37. The van der Waals surface area contributed by atoms with Gasteiger partial charge in [-0.15, -0.1) is 0 Å². The first kappa shape index (κ1) is 16.3. The van der Waals surface area contributed by atoms with E-state index < -0.39 is 0 Å². The van der Waals surface area contributed by atoms with E-state index in [0.717, 1.165) is 31.5 Å². The molecular formula is C17H34N2O. The summed E-state index contributed by atoms with van der Waals surface area (Å²) in [4.78, 5) is 2.71. The molecule has 0 aromatic carbocycles. The van der Waals surface area contributed by atoms with Crippen molar-refractivity contribution in [1.82, 2.24) is 10.2 Å². The molecule has 118 valence electrons. The van der Waals surface area contributed by atoms with Crippen LogP contribution in [0.25, 0.3) is 0 Å². The van der Waals surface area contributed by atoms with Gasteiger partial charge in [-0.1, -0.05) is 20.8 Å². The molecule has 0 spiro atoms. The highest BCUT2D eigenvalue weighted by atomic mass is 16.5. The number of ether oxygens (including phenoxy) is 1. The zero-order chi connectivity index (χ0) is 14.7. The molecule has 1 N–H and O–H groups in total. The van der Waals surface area contributed by atoms with Gasteiger partial charge in [-0.25, -0.2) is 0 Å². The molecule has 3 nitrogen and oxygen atoms in total. The number of hydrogen-bond acceptors (Lipinski definition) is 3. The van der Waals surface area contributed by atoms with Crippen LogP contribution >= 0.6 is 0 Å². The average molecular weight is 282 g/mol. The van der Waals surface area contributed by atoms with Gasteiger partial charge in [0.1, 0.15) is 0 Å². The summed E-state index contributed by atoms with van der Waals surface area (Å²) in [5.41, 5.74) is 0. The van der Waals surface area contributed by atoms with E-state index in [4.69, 9.17) is 4.74 Å². The first-order valence-electron chi connectivity index (χ1n) is 8.64. The SMILES string of the molecule is CCNC1CCC(C(C)C)CC1N1CC(C)OC(C)C1. The molecule has 0 aromatic rings. The molecule has 0 radical (unpaired) electrons. The Kier molecular flexibility index (Phi) is 5.88. The molecule has 2 rings (SSSR count). The molecule has 2 aliphatic rings. The van der Waals surface area contributed by atoms with Crippen molar-refractivity contribution >= 4 is 0 Å². The van der Waals surface area contributed by atoms with Gasteiger partial charge in [-0.05, 0) is 51.5 Å². The van der Waals surface area contributed by atoms with Crippen LogP contribution in [0.1, 0.15) is 53.9 Å². The van der Waals surface area contributed by atoms with Gasteiger partial charge in [0.25, 0.3) is 0 Å². The summed E-state index contributed by atoms with van der Waals surface area (Å²) in [7, 11) is 0. The number of nitrogens with zero attached hydrogens (tertiary/aromatic N) is 1. The monoisotopic (exact) mass is 282 g/mol. The van der Waals surface area contributed by atoms with Crippen molar-refractivity contribution in [2.45, 2.75) is 78.2 Å². The molecule has 2 fully saturated rings. The van der Waals surface area contributed by atoms with Crippen LogP contribution < -0.4 is 5.32 Å². The van der Waals surface area contributed by atoms with Gasteiger partial charge in [0, 0.05) is 25.2 Å². The Morgan fingerprint density at radius 1 is 1.15 bits per heavy atom. The standard InChI is InChI=1S/C17H34N2O/c1-6-18-16-8-7-15(12(2)3)9-17(16)19-10-13(4)20-14(5)11-19/h12-18H,6-11H2,1-5H3. The van der Waals surface area contributed by atoms with Crippen molar-refractivity contribution in [2.75, 3.05) is 19.6 Å². The van der Waals surface area contributed by atoms with E-state index in [1.807, 2.05) is 0 Å². The lowest BCUT2D eigenvalue weighted by Gasteiger charge is -2.47. The minimum atomic E-state index is 0.375. The summed E-state index contributed by atoms with van der Waals surface area (Å²) in [5, 5.41) is 3.74. The van der Waals surface area contributed by atoms with Crippen molar-refractivity contribution in [3.8, 4) is 0 Å². The zero-order valence-electron chi connectivity index (χ0n) is 14.1. The number of morpholine rings is 1. The summed E-state index contributed by atoms with van der Waals surface area (Å²) in [6.45, 7) is 14.7. The van der Waals surface area contributed by atoms with Crippen molar-refractivity contribution in [2.24, 2.45) is 11.8 Å². The van der Waals surface area contributed by atoms with Gasteiger partial charge >= 0.3 is 0 Å². The molecule has 5 unspecified atom stereocenters. The van der Waals surface area contributed by atoms with Crippen LogP contribution in [0.3, 0.4) is 0 Å². The van der Waals surface area contributed by atoms with Crippen molar-refractivity contribution in [1.29, 1.82) is 0 Å². The van der Waals surface area contributed by atoms with Crippen LogP contribution in [0.5, 0.6) is 0 Å². The van der Waals surface area contributed by atoms with E-state index in [1.54, 1.807) is 0 Å². The smallest absolute Gasteiger partial charge is 0.0678 e. The van der Waals surface area contributed by atoms with Gasteiger partial charge in [-0.2, -0.15) is 0 Å². The quantitative estimate of drug-likeness (QED) is 0.858. The minimum absolute atomic E-state index is 0.375. The molecule has 1 saturated heterocycles. The lowest BCUT2D eigenvalue weighted by Crippen LogP contribution is -2.59. The largest absolute Gasteiger partial charge is 0.373 e. The Morgan fingerprint density at radius 2 is 1.80 bits per heavy atom. The summed E-state index contributed by atoms with van der Waals surface area (Å²) < 4.78 is 5.91. The third-order valence-electron chi connectivity index (χ3n) is 5.18. The van der Waals surface area contributed by atoms with E-state index in [0.29, 0.717) is 24.3 Å². The minimum Gasteiger partial charge on any atom is -0.373 e. The molecule has 1 heterocycles. The highest BCUT2D eigenvalue weighted by Crippen LogP contribution is 2.34. The van der Waals surface area contributed by atoms with Gasteiger partial charge in [0.15, 0.2) is 0 Å². The summed E-state index contributed by atoms with van der Waals surface area (Å²) in [6.07, 6.45) is 4.83. The zero-order valence-corrected chi connectivity index (χ0v) is 14.1. The Balaban J connectivity index is 2.05. The van der Waals surface area contributed by atoms with Crippen LogP contribution in [0.15, 0.2) is 0 Å². The maximum Gasteiger partial charge on any atom is 0.0678 e. The molecule has 0 bridgehead atoms. The molecule has 3 heteroatoms. The topological polar surface area (TPSA) is 24.5 Å². The molecule has 0 aromatic heterocycles. The van der Waals surface area contributed by atoms with Crippen LogP contribution in [0.4, 0.5) is 0 Å². The van der Waals surface area contributed by atoms with Gasteiger partial charge in [0.05, 0.1) is 12.2 Å². The van der Waals surface area contributed by atoms with Crippen molar-refractivity contribution in [3.63, 3.8) is 0 Å². The van der Waals surface area contributed by atoms with Gasteiger partial charge in [0.2, 0.25) is 0 Å². The number of likely N-dealkylation sites (N-methyl/N-ethyl adjacent to an activating group) is 1. The fourth-order valence-electron chi connectivity index (χ4n) is 4.18. The average Bonchev–Trinajstić information content (AvgIpc) is 2.38. The van der Waals surface area contributed by atoms with Crippen molar-refractivity contribution in [3.05, 3.63) is 0 Å². The predicted octanol–water partition coefficient (Wildman–Crippen LogP) is 2.90. The highest BCUT2D eigenvalue weighted by Gasteiger charge is 2.37. The molecule has 0 amide bonds. The van der Waals surface area contributed by atoms with E-state index in [-0.39, 0.29) is 0 Å². The number of rotatable bonds is 4. The Labute approximate surface area is 125 Å². The Hall–Kier alpha value is -0.120. The molecule has 20 heavy (non-hydrogen) atoms. The van der Waals surface area contributed by atoms with E-state index in [9.17, 15) is 0 Å². The first-order valence-corrected chi connectivity index (χ1v) is 8.64. The first-order chi connectivity index (χ1) is 9.51. The van der Waals surface area contributed by atoms with Crippen LogP contribution in [0, 0.1) is 11.8 Å². The van der Waals surface area contributed by atoms with Gasteiger partial charge in [-0.3, -0.25) is 4.90 Å². The summed E-state index contributed by atoms with van der Waals surface area (Å²) >= 11 is 0. The molecule has 5 atom stereocenters. The van der Waals surface area contributed by atoms with E-state index in [1.165, 1.54) is 19.3 Å². The normalized spacial score (nSPS) is 40.2. The third-order valence-corrected chi connectivity index (χ3v) is 5.18. The maximum absolute atomic E-state index is 5.91. The van der Waals surface area contributed by atoms with Crippen molar-refractivity contribution < 1.29 is 4.74 Å². The second-order valence-corrected chi connectivity index (χ2v) is 7.26. The third kappa shape index (κ3) is 3.96. The number of hydrogen-bond donors (Lipinski definition) is 1. The second kappa shape index (κ2) is 7.24. The van der Waals surface area contributed by atoms with E-state index in [2.05, 4.69) is 44.8 Å². The number of nitrogens with one attached hydrogen (secondary N) is 1. The Bertz CT molecular complexity index is 285. The van der Waals surface area contributed by atoms with Gasteiger partial charge < -0.3 is 10.1 Å². The second-order valence-electron chi connectivity index (χ2n) is 7.26.